The molecule has 0 fully saturated rings. The minimum atomic E-state index is -0.199. The lowest BCUT2D eigenvalue weighted by molar-refractivity contribution is 0.623. The summed E-state index contributed by atoms with van der Waals surface area (Å²) in [5.41, 5.74) is 4.79. The molecule has 18 heavy (non-hydrogen) atoms. The molecule has 0 aromatic heterocycles. The first-order valence-electron chi connectivity index (χ1n) is 6.11. The zero-order chi connectivity index (χ0) is 13.1. The van der Waals surface area contributed by atoms with Crippen LogP contribution < -0.4 is 5.32 Å². The molecule has 1 nitrogen and oxygen atoms in total. The van der Waals surface area contributed by atoms with Crippen LogP contribution in [0.4, 0.5) is 4.39 Å². The molecular weight excluding hydrogens is 225 g/mol. The molecule has 2 aromatic carbocycles. The summed E-state index contributed by atoms with van der Waals surface area (Å²) in [6.45, 7) is 4.18. The summed E-state index contributed by atoms with van der Waals surface area (Å²) >= 11 is 0. The highest BCUT2D eigenvalue weighted by Gasteiger charge is 2.14. The minimum Gasteiger partial charge on any atom is -0.309 e. The number of nitrogens with one attached hydrogen (secondary N) is 1. The van der Waals surface area contributed by atoms with Crippen LogP contribution in [0.2, 0.25) is 0 Å². The molecule has 0 amide bonds. The molecule has 2 heteroatoms. The number of halogens is 1. The van der Waals surface area contributed by atoms with E-state index in [1.807, 2.05) is 19.2 Å². The standard InChI is InChI=1S/C16H18FN/c1-11-4-5-12(2)15(10-11)16(18-3)13-6-8-14(17)9-7-13/h4-10,16,18H,1-3H3. The highest BCUT2D eigenvalue weighted by molar-refractivity contribution is 5.39. The fraction of sp³-hybridized carbons (Fsp3) is 0.250. The lowest BCUT2D eigenvalue weighted by Crippen LogP contribution is -2.18. The van der Waals surface area contributed by atoms with Crippen molar-refractivity contribution in [2.45, 2.75) is 19.9 Å². The zero-order valence-electron chi connectivity index (χ0n) is 11.0. The van der Waals surface area contributed by atoms with Gasteiger partial charge >= 0.3 is 0 Å². The summed E-state index contributed by atoms with van der Waals surface area (Å²) in [5, 5.41) is 3.30. The molecule has 0 aliphatic carbocycles. The molecule has 0 aliphatic rings. The van der Waals surface area contributed by atoms with Crippen LogP contribution in [0, 0.1) is 19.7 Å². The van der Waals surface area contributed by atoms with Crippen LogP contribution in [-0.2, 0) is 0 Å². The molecule has 0 spiro atoms. The summed E-state index contributed by atoms with van der Waals surface area (Å²) < 4.78 is 13.0. The fourth-order valence-corrected chi connectivity index (χ4v) is 2.23. The topological polar surface area (TPSA) is 12.0 Å². The summed E-state index contributed by atoms with van der Waals surface area (Å²) in [7, 11) is 1.93. The summed E-state index contributed by atoms with van der Waals surface area (Å²) in [6, 6.07) is 13.2. The molecule has 0 bridgehead atoms. The second-order valence-corrected chi connectivity index (χ2v) is 4.63. The Bertz CT molecular complexity index is 531. The van der Waals surface area contributed by atoms with E-state index in [0.29, 0.717) is 0 Å². The van der Waals surface area contributed by atoms with Gasteiger partial charge in [-0.15, -0.1) is 0 Å². The lowest BCUT2D eigenvalue weighted by atomic mass is 9.94. The van der Waals surface area contributed by atoms with Crippen molar-refractivity contribution in [1.82, 2.24) is 5.32 Å². The second-order valence-electron chi connectivity index (χ2n) is 4.63. The maximum absolute atomic E-state index is 13.0. The van der Waals surface area contributed by atoms with Crippen molar-refractivity contribution in [3.63, 3.8) is 0 Å². The van der Waals surface area contributed by atoms with Gasteiger partial charge < -0.3 is 5.32 Å². The Morgan fingerprint density at radius 2 is 1.67 bits per heavy atom. The van der Waals surface area contributed by atoms with Gasteiger partial charge in [-0.1, -0.05) is 35.9 Å². The van der Waals surface area contributed by atoms with Crippen molar-refractivity contribution in [1.29, 1.82) is 0 Å². The third-order valence-electron chi connectivity index (χ3n) is 3.24. The van der Waals surface area contributed by atoms with E-state index in [1.165, 1.54) is 28.8 Å². The molecule has 2 rings (SSSR count). The van der Waals surface area contributed by atoms with Gasteiger partial charge in [0.05, 0.1) is 6.04 Å². The van der Waals surface area contributed by atoms with Gasteiger partial charge in [0.25, 0.3) is 0 Å². The molecular formula is C16H18FN. The molecule has 0 saturated carbocycles. The minimum absolute atomic E-state index is 0.102. The predicted molar refractivity (Wildman–Crippen MR) is 73.2 cm³/mol. The third kappa shape index (κ3) is 2.59. The highest BCUT2D eigenvalue weighted by Crippen LogP contribution is 2.25. The van der Waals surface area contributed by atoms with Crippen LogP contribution in [0.15, 0.2) is 42.5 Å². The zero-order valence-corrected chi connectivity index (χ0v) is 11.0. The Labute approximate surface area is 108 Å². The van der Waals surface area contributed by atoms with E-state index in [1.54, 1.807) is 0 Å². The maximum Gasteiger partial charge on any atom is 0.123 e. The molecule has 0 saturated heterocycles. The first kappa shape index (κ1) is 12.8. The van der Waals surface area contributed by atoms with Gasteiger partial charge in [0.2, 0.25) is 0 Å². The van der Waals surface area contributed by atoms with Gasteiger partial charge in [0.1, 0.15) is 5.82 Å². The van der Waals surface area contributed by atoms with E-state index in [0.717, 1.165) is 5.56 Å². The van der Waals surface area contributed by atoms with Gasteiger partial charge in [-0.3, -0.25) is 0 Å². The average molecular weight is 243 g/mol. The number of hydrogen-bond acceptors (Lipinski definition) is 1. The number of rotatable bonds is 3. The van der Waals surface area contributed by atoms with E-state index in [2.05, 4.69) is 37.4 Å². The lowest BCUT2D eigenvalue weighted by Gasteiger charge is -2.20. The molecule has 0 aliphatic heterocycles. The molecule has 1 N–H and O–H groups in total. The van der Waals surface area contributed by atoms with Crippen molar-refractivity contribution >= 4 is 0 Å². The summed E-state index contributed by atoms with van der Waals surface area (Å²) in [5.74, 6) is -0.199. The van der Waals surface area contributed by atoms with Gasteiger partial charge in [-0.25, -0.2) is 4.39 Å². The van der Waals surface area contributed by atoms with Gasteiger partial charge in [-0.05, 0) is 49.7 Å². The number of aryl methyl sites for hydroxylation is 2. The largest absolute Gasteiger partial charge is 0.309 e. The Morgan fingerprint density at radius 1 is 1.00 bits per heavy atom. The van der Waals surface area contributed by atoms with Crippen LogP contribution in [0.25, 0.3) is 0 Å². The van der Waals surface area contributed by atoms with Crippen LogP contribution >= 0.6 is 0 Å². The van der Waals surface area contributed by atoms with E-state index >= 15 is 0 Å². The Hall–Kier alpha value is -1.67. The quantitative estimate of drug-likeness (QED) is 0.865. The van der Waals surface area contributed by atoms with E-state index in [9.17, 15) is 4.39 Å². The molecule has 1 atom stereocenters. The normalized spacial score (nSPS) is 12.4. The molecule has 1 unspecified atom stereocenters. The monoisotopic (exact) mass is 243 g/mol. The third-order valence-corrected chi connectivity index (χ3v) is 3.24. The second kappa shape index (κ2) is 5.32. The SMILES string of the molecule is CNC(c1ccc(F)cc1)c1cc(C)ccc1C. The first-order valence-corrected chi connectivity index (χ1v) is 6.11. The van der Waals surface area contributed by atoms with Crippen LogP contribution in [0.1, 0.15) is 28.3 Å². The average Bonchev–Trinajstić information content (AvgIpc) is 2.37. The maximum atomic E-state index is 13.0. The Kier molecular flexibility index (Phi) is 3.78. The Balaban J connectivity index is 2.44. The van der Waals surface area contributed by atoms with Crippen LogP contribution in [-0.4, -0.2) is 7.05 Å². The Morgan fingerprint density at radius 3 is 2.28 bits per heavy atom. The van der Waals surface area contributed by atoms with E-state index < -0.39 is 0 Å². The highest BCUT2D eigenvalue weighted by atomic mass is 19.1. The van der Waals surface area contributed by atoms with Crippen molar-refractivity contribution in [2.24, 2.45) is 0 Å². The van der Waals surface area contributed by atoms with E-state index in [-0.39, 0.29) is 11.9 Å². The van der Waals surface area contributed by atoms with Crippen molar-refractivity contribution in [2.75, 3.05) is 7.05 Å². The molecule has 94 valence electrons. The van der Waals surface area contributed by atoms with Gasteiger partial charge in [-0.2, -0.15) is 0 Å². The van der Waals surface area contributed by atoms with Crippen molar-refractivity contribution in [3.8, 4) is 0 Å². The van der Waals surface area contributed by atoms with Gasteiger partial charge in [0.15, 0.2) is 0 Å². The van der Waals surface area contributed by atoms with Crippen LogP contribution in [0.5, 0.6) is 0 Å². The summed E-state index contributed by atoms with van der Waals surface area (Å²) in [6.07, 6.45) is 0. The van der Waals surface area contributed by atoms with Gasteiger partial charge in [0, 0.05) is 0 Å². The summed E-state index contributed by atoms with van der Waals surface area (Å²) in [4.78, 5) is 0. The fourth-order valence-electron chi connectivity index (χ4n) is 2.23. The van der Waals surface area contributed by atoms with E-state index in [4.69, 9.17) is 0 Å². The number of hydrogen-bond donors (Lipinski definition) is 1. The molecule has 0 radical (unpaired) electrons. The first-order chi connectivity index (χ1) is 8.61. The smallest absolute Gasteiger partial charge is 0.123 e. The van der Waals surface area contributed by atoms with Crippen molar-refractivity contribution < 1.29 is 4.39 Å². The number of benzene rings is 2. The van der Waals surface area contributed by atoms with Crippen molar-refractivity contribution in [3.05, 3.63) is 70.5 Å². The predicted octanol–water partition coefficient (Wildman–Crippen LogP) is 3.75. The molecule has 2 aromatic rings. The van der Waals surface area contributed by atoms with Crippen LogP contribution in [0.3, 0.4) is 0 Å². The molecule has 0 heterocycles.